The van der Waals surface area contributed by atoms with Gasteiger partial charge in [-0.05, 0) is 17.7 Å². The SMILES string of the molecule is N#Cc1ccc(CN2CCN(Cc3ccccc3)C(=O)C2)c(F)c1. The van der Waals surface area contributed by atoms with Gasteiger partial charge in [0.05, 0.1) is 18.2 Å². The smallest absolute Gasteiger partial charge is 0.237 e. The maximum absolute atomic E-state index is 14.0. The van der Waals surface area contributed by atoms with E-state index in [4.69, 9.17) is 5.26 Å². The van der Waals surface area contributed by atoms with Crippen molar-refractivity contribution in [1.82, 2.24) is 9.80 Å². The van der Waals surface area contributed by atoms with Crippen molar-refractivity contribution in [3.63, 3.8) is 0 Å². The van der Waals surface area contributed by atoms with Gasteiger partial charge in [-0.2, -0.15) is 5.26 Å². The van der Waals surface area contributed by atoms with Crippen molar-refractivity contribution in [3.8, 4) is 6.07 Å². The first-order valence-electron chi connectivity index (χ1n) is 7.88. The number of benzene rings is 2. The largest absolute Gasteiger partial charge is 0.336 e. The lowest BCUT2D eigenvalue weighted by Crippen LogP contribution is -2.49. The van der Waals surface area contributed by atoms with Gasteiger partial charge < -0.3 is 4.90 Å². The predicted octanol–water partition coefficient (Wildman–Crippen LogP) is 2.54. The quantitative estimate of drug-likeness (QED) is 0.869. The van der Waals surface area contributed by atoms with E-state index in [9.17, 15) is 9.18 Å². The molecule has 1 saturated heterocycles. The van der Waals surface area contributed by atoms with E-state index < -0.39 is 5.82 Å². The Balaban J connectivity index is 1.60. The maximum Gasteiger partial charge on any atom is 0.237 e. The van der Waals surface area contributed by atoms with Gasteiger partial charge in [0.1, 0.15) is 5.82 Å². The van der Waals surface area contributed by atoms with Gasteiger partial charge in [0.25, 0.3) is 0 Å². The molecule has 0 N–H and O–H groups in total. The fourth-order valence-corrected chi connectivity index (χ4v) is 2.85. The molecule has 5 heteroatoms. The van der Waals surface area contributed by atoms with Crippen LogP contribution in [0.25, 0.3) is 0 Å². The molecule has 1 heterocycles. The summed E-state index contributed by atoms with van der Waals surface area (Å²) in [5, 5.41) is 8.78. The molecule has 3 rings (SSSR count). The van der Waals surface area contributed by atoms with Crippen LogP contribution in [-0.4, -0.2) is 35.3 Å². The Morgan fingerprint density at radius 1 is 1.08 bits per heavy atom. The molecule has 2 aromatic rings. The highest BCUT2D eigenvalue weighted by Crippen LogP contribution is 2.15. The third kappa shape index (κ3) is 3.79. The number of hydrogen-bond acceptors (Lipinski definition) is 3. The number of halogens is 1. The fourth-order valence-electron chi connectivity index (χ4n) is 2.85. The van der Waals surface area contributed by atoms with Crippen LogP contribution >= 0.6 is 0 Å². The zero-order chi connectivity index (χ0) is 16.9. The van der Waals surface area contributed by atoms with Crippen molar-refractivity contribution >= 4 is 5.91 Å². The third-order valence-corrected chi connectivity index (χ3v) is 4.19. The summed E-state index contributed by atoms with van der Waals surface area (Å²) in [6.07, 6.45) is 0. The summed E-state index contributed by atoms with van der Waals surface area (Å²) in [4.78, 5) is 16.1. The Bertz CT molecular complexity index is 770. The molecule has 0 bridgehead atoms. The molecule has 0 spiro atoms. The number of hydrogen-bond donors (Lipinski definition) is 0. The van der Waals surface area contributed by atoms with Crippen LogP contribution in [0.4, 0.5) is 4.39 Å². The molecule has 0 atom stereocenters. The van der Waals surface area contributed by atoms with Gasteiger partial charge in [-0.15, -0.1) is 0 Å². The summed E-state index contributed by atoms with van der Waals surface area (Å²) in [5.41, 5.74) is 1.93. The standard InChI is InChI=1S/C19H18FN3O/c20-18-10-16(11-21)6-7-17(18)13-22-8-9-23(19(24)14-22)12-15-4-2-1-3-5-15/h1-7,10H,8-9,12-14H2. The molecule has 0 aliphatic carbocycles. The normalized spacial score (nSPS) is 15.3. The van der Waals surface area contributed by atoms with Gasteiger partial charge in [-0.3, -0.25) is 9.69 Å². The molecule has 0 radical (unpaired) electrons. The van der Waals surface area contributed by atoms with Crippen molar-refractivity contribution < 1.29 is 9.18 Å². The molecule has 24 heavy (non-hydrogen) atoms. The van der Waals surface area contributed by atoms with Crippen LogP contribution in [0.2, 0.25) is 0 Å². The Morgan fingerprint density at radius 2 is 1.88 bits per heavy atom. The number of nitriles is 1. The molecule has 1 aliphatic heterocycles. The lowest BCUT2D eigenvalue weighted by atomic mass is 10.1. The van der Waals surface area contributed by atoms with Gasteiger partial charge in [-0.1, -0.05) is 36.4 Å². The summed E-state index contributed by atoms with van der Waals surface area (Å²) in [6, 6.07) is 16.3. The lowest BCUT2D eigenvalue weighted by Gasteiger charge is -2.34. The minimum atomic E-state index is -0.395. The summed E-state index contributed by atoms with van der Waals surface area (Å²) >= 11 is 0. The van der Waals surface area contributed by atoms with Crippen LogP contribution in [0.5, 0.6) is 0 Å². The maximum atomic E-state index is 14.0. The van der Waals surface area contributed by atoms with Gasteiger partial charge in [0.15, 0.2) is 0 Å². The van der Waals surface area contributed by atoms with E-state index in [-0.39, 0.29) is 12.5 Å². The monoisotopic (exact) mass is 323 g/mol. The number of rotatable bonds is 4. The number of carbonyl (C=O) groups is 1. The van der Waals surface area contributed by atoms with Crippen LogP contribution in [0.3, 0.4) is 0 Å². The van der Waals surface area contributed by atoms with Crippen LogP contribution < -0.4 is 0 Å². The molecule has 1 aliphatic rings. The van der Waals surface area contributed by atoms with Crippen LogP contribution in [0.1, 0.15) is 16.7 Å². The summed E-state index contributed by atoms with van der Waals surface area (Å²) < 4.78 is 14.0. The molecule has 0 aromatic heterocycles. The topological polar surface area (TPSA) is 47.3 Å². The van der Waals surface area contributed by atoms with Gasteiger partial charge in [-0.25, -0.2) is 4.39 Å². The highest BCUT2D eigenvalue weighted by molar-refractivity contribution is 5.79. The minimum Gasteiger partial charge on any atom is -0.336 e. The van der Waals surface area contributed by atoms with E-state index in [1.807, 2.05) is 46.2 Å². The average molecular weight is 323 g/mol. The Kier molecular flexibility index (Phi) is 4.88. The second kappa shape index (κ2) is 7.24. The van der Waals surface area contributed by atoms with Gasteiger partial charge in [0.2, 0.25) is 5.91 Å². The van der Waals surface area contributed by atoms with E-state index >= 15 is 0 Å². The zero-order valence-corrected chi connectivity index (χ0v) is 13.3. The summed E-state index contributed by atoms with van der Waals surface area (Å²) in [6.45, 7) is 2.61. The van der Waals surface area contributed by atoms with Crippen LogP contribution in [-0.2, 0) is 17.9 Å². The molecule has 2 aromatic carbocycles. The number of piperazine rings is 1. The first-order chi connectivity index (χ1) is 11.7. The van der Waals surface area contributed by atoms with Crippen molar-refractivity contribution in [3.05, 3.63) is 71.0 Å². The van der Waals surface area contributed by atoms with Gasteiger partial charge >= 0.3 is 0 Å². The van der Waals surface area contributed by atoms with Crippen LogP contribution in [0, 0.1) is 17.1 Å². The molecule has 0 saturated carbocycles. The van der Waals surface area contributed by atoms with E-state index in [0.717, 1.165) is 5.56 Å². The van der Waals surface area contributed by atoms with Crippen molar-refractivity contribution in [2.45, 2.75) is 13.1 Å². The first kappa shape index (κ1) is 16.2. The first-order valence-corrected chi connectivity index (χ1v) is 7.88. The molecule has 122 valence electrons. The Labute approximate surface area is 140 Å². The third-order valence-electron chi connectivity index (χ3n) is 4.19. The van der Waals surface area contributed by atoms with E-state index in [1.165, 1.54) is 6.07 Å². The highest BCUT2D eigenvalue weighted by Gasteiger charge is 2.24. The predicted molar refractivity (Wildman–Crippen MR) is 88.3 cm³/mol. The fraction of sp³-hybridized carbons (Fsp3) is 0.263. The van der Waals surface area contributed by atoms with Crippen molar-refractivity contribution in [1.29, 1.82) is 5.26 Å². The van der Waals surface area contributed by atoms with Crippen molar-refractivity contribution in [2.24, 2.45) is 0 Å². The average Bonchev–Trinajstić information content (AvgIpc) is 2.60. The molecular weight excluding hydrogens is 305 g/mol. The molecule has 4 nitrogen and oxygen atoms in total. The van der Waals surface area contributed by atoms with E-state index in [2.05, 4.69) is 0 Å². The van der Waals surface area contributed by atoms with Gasteiger partial charge in [0, 0.05) is 31.7 Å². The summed E-state index contributed by atoms with van der Waals surface area (Å²) in [5.74, 6) is -0.340. The number of amides is 1. The molecule has 0 unspecified atom stereocenters. The highest BCUT2D eigenvalue weighted by atomic mass is 19.1. The van der Waals surface area contributed by atoms with Crippen molar-refractivity contribution in [2.75, 3.05) is 19.6 Å². The van der Waals surface area contributed by atoms with E-state index in [1.54, 1.807) is 12.1 Å². The summed E-state index contributed by atoms with van der Waals surface area (Å²) in [7, 11) is 0. The Hall–Kier alpha value is -2.71. The lowest BCUT2D eigenvalue weighted by molar-refractivity contribution is -0.136. The molecule has 1 amide bonds. The molecule has 1 fully saturated rings. The van der Waals surface area contributed by atoms with Crippen LogP contribution in [0.15, 0.2) is 48.5 Å². The Morgan fingerprint density at radius 3 is 2.54 bits per heavy atom. The zero-order valence-electron chi connectivity index (χ0n) is 13.3. The minimum absolute atomic E-state index is 0.0548. The number of carbonyl (C=O) groups excluding carboxylic acids is 1. The second-order valence-corrected chi connectivity index (χ2v) is 5.93. The number of nitrogens with zero attached hydrogens (tertiary/aromatic N) is 3. The second-order valence-electron chi connectivity index (χ2n) is 5.93. The molecular formula is C19H18FN3O. The van der Waals surface area contributed by atoms with E-state index in [0.29, 0.717) is 37.3 Å².